The lowest BCUT2D eigenvalue weighted by molar-refractivity contribution is -0.384. The van der Waals surface area contributed by atoms with Crippen LogP contribution in [0.15, 0.2) is 24.3 Å². The summed E-state index contributed by atoms with van der Waals surface area (Å²) in [6.45, 7) is -0.153. The summed E-state index contributed by atoms with van der Waals surface area (Å²) >= 11 is 4.67. The van der Waals surface area contributed by atoms with E-state index in [0.717, 1.165) is 5.56 Å². The minimum absolute atomic E-state index is 0.0227. The second kappa shape index (κ2) is 6.12. The molecular formula is C10H13N3O3S. The average molecular weight is 255 g/mol. The maximum atomic E-state index is 10.6. The van der Waals surface area contributed by atoms with Gasteiger partial charge in [-0.25, -0.2) is 0 Å². The number of nitrogens with zero attached hydrogens (tertiary/aromatic N) is 1. The van der Waals surface area contributed by atoms with Crippen molar-refractivity contribution in [2.45, 2.75) is 12.5 Å². The number of rotatable bonds is 5. The Bertz CT molecular complexity index is 425. The molecule has 0 aliphatic carbocycles. The Morgan fingerprint density at radius 2 is 2.35 bits per heavy atom. The summed E-state index contributed by atoms with van der Waals surface area (Å²) in [7, 11) is 0. The third kappa shape index (κ3) is 4.33. The number of nitro groups is 1. The lowest BCUT2D eigenvalue weighted by atomic mass is 10.1. The molecular weight excluding hydrogens is 242 g/mol. The van der Waals surface area contributed by atoms with E-state index in [1.807, 2.05) is 0 Å². The van der Waals surface area contributed by atoms with Crippen LogP contribution in [0.3, 0.4) is 0 Å². The fourth-order valence-electron chi connectivity index (χ4n) is 1.44. The molecule has 0 saturated heterocycles. The number of aliphatic hydroxyl groups is 1. The fourth-order valence-corrected chi connectivity index (χ4v) is 1.61. The Labute approximate surface area is 104 Å². The first-order valence-corrected chi connectivity index (χ1v) is 5.34. The number of nitro benzene ring substituents is 1. The smallest absolute Gasteiger partial charge is 0.269 e. The summed E-state index contributed by atoms with van der Waals surface area (Å²) < 4.78 is 0. The largest absolute Gasteiger partial charge is 0.394 e. The monoisotopic (exact) mass is 255 g/mol. The Balaban J connectivity index is 2.75. The summed E-state index contributed by atoms with van der Waals surface area (Å²) in [5, 5.41) is 22.5. The average Bonchev–Trinajstić information content (AvgIpc) is 2.28. The van der Waals surface area contributed by atoms with Crippen LogP contribution in [0.1, 0.15) is 5.56 Å². The number of non-ortho nitro benzene ring substituents is 1. The van der Waals surface area contributed by atoms with Crippen molar-refractivity contribution >= 4 is 23.0 Å². The molecule has 6 nitrogen and oxygen atoms in total. The SMILES string of the molecule is NC(=S)N[C@@H](CO)Cc1cccc([N+](=O)[O-])c1. The summed E-state index contributed by atoms with van der Waals surface area (Å²) in [5.74, 6) is 0. The standard InChI is InChI=1S/C10H13N3O3S/c11-10(17)12-8(6-14)4-7-2-1-3-9(5-7)13(15)16/h1-3,5,8,14H,4,6H2,(H3,11,12,17)/t8-/m1/s1. The molecule has 1 aromatic carbocycles. The van der Waals surface area contributed by atoms with Crippen LogP contribution in [-0.4, -0.2) is 27.8 Å². The van der Waals surface area contributed by atoms with Crippen molar-refractivity contribution in [1.82, 2.24) is 5.32 Å². The van der Waals surface area contributed by atoms with E-state index in [1.54, 1.807) is 12.1 Å². The van der Waals surface area contributed by atoms with Crippen molar-refractivity contribution in [3.63, 3.8) is 0 Å². The van der Waals surface area contributed by atoms with Gasteiger partial charge in [0.25, 0.3) is 5.69 Å². The highest BCUT2D eigenvalue weighted by molar-refractivity contribution is 7.80. The van der Waals surface area contributed by atoms with Gasteiger partial charge in [-0.2, -0.15) is 0 Å². The molecule has 0 aromatic heterocycles. The molecule has 0 aliphatic heterocycles. The molecule has 0 fully saturated rings. The van der Waals surface area contributed by atoms with Gasteiger partial charge in [-0.15, -0.1) is 0 Å². The first kappa shape index (κ1) is 13.3. The van der Waals surface area contributed by atoms with Crippen LogP contribution >= 0.6 is 12.2 Å². The van der Waals surface area contributed by atoms with Crippen molar-refractivity contribution < 1.29 is 10.0 Å². The van der Waals surface area contributed by atoms with Gasteiger partial charge in [-0.1, -0.05) is 12.1 Å². The van der Waals surface area contributed by atoms with Gasteiger partial charge < -0.3 is 16.2 Å². The zero-order valence-electron chi connectivity index (χ0n) is 9.00. The third-order valence-corrected chi connectivity index (χ3v) is 2.29. The number of hydrogen-bond acceptors (Lipinski definition) is 4. The van der Waals surface area contributed by atoms with Crippen molar-refractivity contribution in [1.29, 1.82) is 0 Å². The van der Waals surface area contributed by atoms with Gasteiger partial charge in [0.1, 0.15) is 0 Å². The molecule has 4 N–H and O–H groups in total. The molecule has 0 saturated carbocycles. The quantitative estimate of drug-likeness (QED) is 0.398. The second-order valence-electron chi connectivity index (χ2n) is 3.52. The number of nitrogens with one attached hydrogen (secondary N) is 1. The van der Waals surface area contributed by atoms with Crippen molar-refractivity contribution in [2.75, 3.05) is 6.61 Å². The van der Waals surface area contributed by atoms with Crippen LogP contribution in [0, 0.1) is 10.1 Å². The molecule has 0 heterocycles. The van der Waals surface area contributed by atoms with Crippen molar-refractivity contribution in [3.05, 3.63) is 39.9 Å². The van der Waals surface area contributed by atoms with Gasteiger partial charge >= 0.3 is 0 Å². The number of nitrogens with two attached hydrogens (primary N) is 1. The summed E-state index contributed by atoms with van der Waals surface area (Å²) in [6, 6.07) is 5.89. The molecule has 7 heteroatoms. The van der Waals surface area contributed by atoms with Crippen LogP contribution in [0.25, 0.3) is 0 Å². The molecule has 17 heavy (non-hydrogen) atoms. The first-order chi connectivity index (χ1) is 8.02. The Morgan fingerprint density at radius 1 is 1.65 bits per heavy atom. The minimum atomic E-state index is -0.460. The topological polar surface area (TPSA) is 101 Å². The van der Waals surface area contributed by atoms with E-state index in [1.165, 1.54) is 12.1 Å². The molecule has 0 bridgehead atoms. The highest BCUT2D eigenvalue weighted by Gasteiger charge is 2.11. The van der Waals surface area contributed by atoms with Crippen molar-refractivity contribution in [2.24, 2.45) is 5.73 Å². The lowest BCUT2D eigenvalue weighted by Gasteiger charge is -2.15. The maximum absolute atomic E-state index is 10.6. The summed E-state index contributed by atoms with van der Waals surface area (Å²) in [5.41, 5.74) is 6.06. The molecule has 0 unspecified atom stereocenters. The zero-order valence-corrected chi connectivity index (χ0v) is 9.81. The van der Waals surface area contributed by atoms with Gasteiger partial charge in [0, 0.05) is 12.1 Å². The fraction of sp³-hybridized carbons (Fsp3) is 0.300. The molecule has 0 radical (unpaired) electrons. The Kier molecular flexibility index (Phi) is 4.80. The predicted molar refractivity (Wildman–Crippen MR) is 67.6 cm³/mol. The van der Waals surface area contributed by atoms with E-state index >= 15 is 0 Å². The summed E-state index contributed by atoms with van der Waals surface area (Å²) in [6.07, 6.45) is 0.412. The molecule has 0 amide bonds. The van der Waals surface area contributed by atoms with Crippen LogP contribution in [0.4, 0.5) is 5.69 Å². The van der Waals surface area contributed by atoms with E-state index in [-0.39, 0.29) is 23.4 Å². The molecule has 1 rings (SSSR count). The van der Waals surface area contributed by atoms with Crippen LogP contribution in [0.5, 0.6) is 0 Å². The minimum Gasteiger partial charge on any atom is -0.394 e. The number of benzene rings is 1. The molecule has 0 aliphatic rings. The van der Waals surface area contributed by atoms with Gasteiger partial charge in [-0.05, 0) is 24.2 Å². The van der Waals surface area contributed by atoms with E-state index < -0.39 is 4.92 Å². The number of hydrogen-bond donors (Lipinski definition) is 3. The summed E-state index contributed by atoms with van der Waals surface area (Å²) in [4.78, 5) is 10.1. The van der Waals surface area contributed by atoms with Crippen molar-refractivity contribution in [3.8, 4) is 0 Å². The second-order valence-corrected chi connectivity index (χ2v) is 3.96. The van der Waals surface area contributed by atoms with Gasteiger partial charge in [0.15, 0.2) is 5.11 Å². The van der Waals surface area contributed by atoms with E-state index in [0.29, 0.717) is 6.42 Å². The molecule has 0 spiro atoms. The van der Waals surface area contributed by atoms with Gasteiger partial charge in [-0.3, -0.25) is 10.1 Å². The Hall–Kier alpha value is -1.73. The molecule has 1 atom stereocenters. The molecule has 1 aromatic rings. The van der Waals surface area contributed by atoms with Crippen LogP contribution < -0.4 is 11.1 Å². The third-order valence-electron chi connectivity index (χ3n) is 2.17. The first-order valence-electron chi connectivity index (χ1n) is 4.93. The lowest BCUT2D eigenvalue weighted by Crippen LogP contribution is -2.41. The predicted octanol–water partition coefficient (Wildman–Crippen LogP) is 0.331. The van der Waals surface area contributed by atoms with Gasteiger partial charge in [0.05, 0.1) is 17.6 Å². The zero-order chi connectivity index (χ0) is 12.8. The molecule has 92 valence electrons. The van der Waals surface area contributed by atoms with E-state index in [2.05, 4.69) is 17.5 Å². The highest BCUT2D eigenvalue weighted by atomic mass is 32.1. The van der Waals surface area contributed by atoms with Crippen LogP contribution in [0.2, 0.25) is 0 Å². The maximum Gasteiger partial charge on any atom is 0.269 e. The van der Waals surface area contributed by atoms with Crippen LogP contribution in [-0.2, 0) is 6.42 Å². The van der Waals surface area contributed by atoms with E-state index in [9.17, 15) is 10.1 Å². The normalized spacial score (nSPS) is 11.8. The van der Waals surface area contributed by atoms with E-state index in [4.69, 9.17) is 10.8 Å². The Morgan fingerprint density at radius 3 is 2.88 bits per heavy atom. The number of aliphatic hydroxyl groups excluding tert-OH is 1. The number of thiocarbonyl (C=S) groups is 1. The highest BCUT2D eigenvalue weighted by Crippen LogP contribution is 2.14. The van der Waals surface area contributed by atoms with Gasteiger partial charge in [0.2, 0.25) is 0 Å².